The Kier molecular flexibility index (Phi) is 5.09. The fourth-order valence-corrected chi connectivity index (χ4v) is 4.52. The van der Waals surface area contributed by atoms with Gasteiger partial charge in [0, 0.05) is 37.9 Å². The fraction of sp³-hybridized carbons (Fsp3) is 0.250. The van der Waals surface area contributed by atoms with Crippen molar-refractivity contribution in [1.82, 2.24) is 14.9 Å². The number of amides is 1. The van der Waals surface area contributed by atoms with Crippen molar-refractivity contribution in [2.24, 2.45) is 0 Å². The van der Waals surface area contributed by atoms with E-state index in [1.807, 2.05) is 54.3 Å². The van der Waals surface area contributed by atoms with Crippen LogP contribution < -0.4 is 4.90 Å². The first-order valence-corrected chi connectivity index (χ1v) is 10.0. The molecule has 0 unspecified atom stereocenters. The third kappa shape index (κ3) is 3.68. The third-order valence-electron chi connectivity index (χ3n) is 4.64. The highest BCUT2D eigenvalue weighted by Crippen LogP contribution is 2.33. The summed E-state index contributed by atoms with van der Waals surface area (Å²) in [5, 5.41) is 1.43. The Morgan fingerprint density at radius 3 is 2.52 bits per heavy atom. The molecule has 2 aromatic heterocycles. The smallest absolute Gasteiger partial charge is 0.265 e. The molecule has 1 saturated heterocycles. The van der Waals surface area contributed by atoms with Crippen LogP contribution in [0.1, 0.15) is 15.4 Å². The van der Waals surface area contributed by atoms with Crippen LogP contribution in [0, 0.1) is 6.92 Å². The summed E-state index contributed by atoms with van der Waals surface area (Å²) in [5.74, 6) is 1.00. The average molecular weight is 399 g/mol. The predicted molar refractivity (Wildman–Crippen MR) is 110 cm³/mol. The number of piperazine rings is 1. The number of thiazole rings is 1. The largest absolute Gasteiger partial charge is 0.353 e. The molecule has 1 aliphatic heterocycles. The molecule has 0 N–H and O–H groups in total. The molecule has 3 aromatic rings. The van der Waals surface area contributed by atoms with Gasteiger partial charge < -0.3 is 9.80 Å². The Bertz CT molecular complexity index is 952. The molecule has 1 aromatic carbocycles. The molecule has 7 heteroatoms. The molecular formula is C20H19ClN4OS. The summed E-state index contributed by atoms with van der Waals surface area (Å²) in [5.41, 5.74) is 1.62. The summed E-state index contributed by atoms with van der Waals surface area (Å²) in [6.45, 7) is 4.78. The van der Waals surface area contributed by atoms with Crippen LogP contribution in [0.4, 0.5) is 5.82 Å². The number of hydrogen-bond acceptors (Lipinski definition) is 5. The van der Waals surface area contributed by atoms with Crippen molar-refractivity contribution >= 4 is 34.7 Å². The van der Waals surface area contributed by atoms with Gasteiger partial charge in [-0.3, -0.25) is 4.79 Å². The van der Waals surface area contributed by atoms with Gasteiger partial charge in [0.2, 0.25) is 0 Å². The number of nitrogens with zero attached hydrogens (tertiary/aromatic N) is 4. The van der Waals surface area contributed by atoms with E-state index in [1.165, 1.54) is 11.3 Å². The molecule has 0 bridgehead atoms. The number of carbonyl (C=O) groups is 1. The molecule has 1 fully saturated rings. The lowest BCUT2D eigenvalue weighted by molar-refractivity contribution is 0.0750. The number of halogens is 1. The van der Waals surface area contributed by atoms with E-state index >= 15 is 0 Å². The molecule has 27 heavy (non-hydrogen) atoms. The molecule has 4 rings (SSSR count). The third-order valence-corrected chi connectivity index (χ3v) is 6.14. The minimum Gasteiger partial charge on any atom is -0.353 e. The first kappa shape index (κ1) is 17.9. The van der Waals surface area contributed by atoms with Crippen molar-refractivity contribution in [3.05, 3.63) is 64.3 Å². The van der Waals surface area contributed by atoms with Gasteiger partial charge in [-0.1, -0.05) is 35.9 Å². The Morgan fingerprint density at radius 2 is 1.81 bits per heavy atom. The van der Waals surface area contributed by atoms with Crippen molar-refractivity contribution in [2.75, 3.05) is 31.1 Å². The number of carbonyl (C=O) groups excluding carboxylic acids is 1. The van der Waals surface area contributed by atoms with Crippen LogP contribution >= 0.6 is 22.9 Å². The van der Waals surface area contributed by atoms with E-state index in [-0.39, 0.29) is 5.91 Å². The fourth-order valence-electron chi connectivity index (χ4n) is 3.17. The maximum absolute atomic E-state index is 13.0. The van der Waals surface area contributed by atoms with Crippen molar-refractivity contribution in [2.45, 2.75) is 6.92 Å². The topological polar surface area (TPSA) is 49.3 Å². The quantitative estimate of drug-likeness (QED) is 0.665. The van der Waals surface area contributed by atoms with Gasteiger partial charge in [-0.25, -0.2) is 9.97 Å². The van der Waals surface area contributed by atoms with Crippen LogP contribution in [0.5, 0.6) is 0 Å². The monoisotopic (exact) mass is 398 g/mol. The number of rotatable bonds is 3. The van der Waals surface area contributed by atoms with Gasteiger partial charge in [-0.2, -0.15) is 0 Å². The van der Waals surface area contributed by atoms with Crippen LogP contribution in [-0.4, -0.2) is 47.0 Å². The number of anilines is 1. The summed E-state index contributed by atoms with van der Waals surface area (Å²) in [7, 11) is 0. The second kappa shape index (κ2) is 7.66. The van der Waals surface area contributed by atoms with Crippen LogP contribution in [0.2, 0.25) is 5.02 Å². The van der Waals surface area contributed by atoms with Crippen LogP contribution in [0.15, 0.2) is 48.7 Å². The average Bonchev–Trinajstić information content (AvgIpc) is 3.10. The minimum absolute atomic E-state index is 0.0453. The number of benzene rings is 1. The first-order valence-electron chi connectivity index (χ1n) is 8.81. The molecule has 5 nitrogen and oxygen atoms in total. The standard InChI is InChI=1S/C20H19ClN4OS/c1-14-18(27-19(23-14)15-6-2-3-7-16(15)21)20(26)25-12-10-24(11-13-25)17-8-4-5-9-22-17/h2-9H,10-13H2,1H3. The second-order valence-electron chi connectivity index (χ2n) is 6.38. The van der Waals surface area contributed by atoms with Crippen LogP contribution in [-0.2, 0) is 0 Å². The first-order chi connectivity index (χ1) is 13.1. The van der Waals surface area contributed by atoms with Gasteiger partial charge in [0.1, 0.15) is 15.7 Å². The molecule has 0 spiro atoms. The van der Waals surface area contributed by atoms with Crippen LogP contribution in [0.3, 0.4) is 0 Å². The van der Waals surface area contributed by atoms with E-state index in [0.29, 0.717) is 23.0 Å². The van der Waals surface area contributed by atoms with Gasteiger partial charge in [0.25, 0.3) is 5.91 Å². The highest BCUT2D eigenvalue weighted by Gasteiger charge is 2.26. The van der Waals surface area contributed by atoms with Gasteiger partial charge in [0.15, 0.2) is 0 Å². The van der Waals surface area contributed by atoms with E-state index in [1.54, 1.807) is 6.20 Å². The summed E-state index contributed by atoms with van der Waals surface area (Å²) in [6.07, 6.45) is 1.80. The lowest BCUT2D eigenvalue weighted by Crippen LogP contribution is -2.49. The molecule has 0 radical (unpaired) electrons. The maximum atomic E-state index is 13.0. The molecule has 138 valence electrons. The molecule has 0 saturated carbocycles. The van der Waals surface area contributed by atoms with E-state index in [2.05, 4.69) is 14.9 Å². The number of pyridine rings is 1. The second-order valence-corrected chi connectivity index (χ2v) is 7.79. The molecule has 1 aliphatic rings. The molecule has 3 heterocycles. The van der Waals surface area contributed by atoms with Crippen molar-refractivity contribution in [3.8, 4) is 10.6 Å². The van der Waals surface area contributed by atoms with Crippen LogP contribution in [0.25, 0.3) is 10.6 Å². The highest BCUT2D eigenvalue weighted by atomic mass is 35.5. The van der Waals surface area contributed by atoms with Gasteiger partial charge in [0.05, 0.1) is 10.7 Å². The lowest BCUT2D eigenvalue weighted by Gasteiger charge is -2.35. The number of hydrogen-bond donors (Lipinski definition) is 0. The molecule has 0 aliphatic carbocycles. The highest BCUT2D eigenvalue weighted by molar-refractivity contribution is 7.17. The van der Waals surface area contributed by atoms with E-state index in [9.17, 15) is 4.79 Å². The van der Waals surface area contributed by atoms with Crippen molar-refractivity contribution < 1.29 is 4.79 Å². The normalized spacial score (nSPS) is 14.4. The Balaban J connectivity index is 1.49. The summed E-state index contributed by atoms with van der Waals surface area (Å²) >= 11 is 7.70. The summed E-state index contributed by atoms with van der Waals surface area (Å²) in [4.78, 5) is 26.8. The predicted octanol–water partition coefficient (Wildman–Crippen LogP) is 4.13. The van der Waals surface area contributed by atoms with E-state index in [4.69, 9.17) is 11.6 Å². The zero-order valence-corrected chi connectivity index (χ0v) is 16.5. The van der Waals surface area contributed by atoms with Crippen molar-refractivity contribution in [1.29, 1.82) is 0 Å². The minimum atomic E-state index is 0.0453. The zero-order valence-electron chi connectivity index (χ0n) is 14.9. The zero-order chi connectivity index (χ0) is 18.8. The number of aromatic nitrogens is 2. The van der Waals surface area contributed by atoms with Gasteiger partial charge in [-0.05, 0) is 25.1 Å². The van der Waals surface area contributed by atoms with E-state index in [0.717, 1.165) is 35.2 Å². The summed E-state index contributed by atoms with van der Waals surface area (Å²) in [6, 6.07) is 13.5. The molecule has 1 amide bonds. The number of aryl methyl sites for hydroxylation is 1. The maximum Gasteiger partial charge on any atom is 0.265 e. The van der Waals surface area contributed by atoms with Crippen molar-refractivity contribution in [3.63, 3.8) is 0 Å². The van der Waals surface area contributed by atoms with Gasteiger partial charge >= 0.3 is 0 Å². The Labute approximate surface area is 167 Å². The molecule has 0 atom stereocenters. The van der Waals surface area contributed by atoms with Gasteiger partial charge in [-0.15, -0.1) is 11.3 Å². The molecular weight excluding hydrogens is 380 g/mol. The lowest BCUT2D eigenvalue weighted by atomic mass is 10.2. The SMILES string of the molecule is Cc1nc(-c2ccccc2Cl)sc1C(=O)N1CCN(c2ccccn2)CC1. The summed E-state index contributed by atoms with van der Waals surface area (Å²) < 4.78 is 0. The Morgan fingerprint density at radius 1 is 1.07 bits per heavy atom. The Hall–Kier alpha value is -2.44. The van der Waals surface area contributed by atoms with E-state index < -0.39 is 0 Å².